The number of nitrogens with zero attached hydrogens (tertiary/aromatic N) is 1. The maximum Gasteiger partial charge on any atom is 0.228 e. The molecular formula is C12H20N2O2. The Morgan fingerprint density at radius 1 is 1.38 bits per heavy atom. The summed E-state index contributed by atoms with van der Waals surface area (Å²) in [5.41, 5.74) is 0. The summed E-state index contributed by atoms with van der Waals surface area (Å²) in [6.45, 7) is 5.66. The van der Waals surface area contributed by atoms with Crippen LogP contribution < -0.4 is 5.32 Å². The molecule has 2 rings (SSSR count). The van der Waals surface area contributed by atoms with Crippen LogP contribution in [-0.4, -0.2) is 35.8 Å². The van der Waals surface area contributed by atoms with Gasteiger partial charge >= 0.3 is 0 Å². The molecule has 2 aliphatic rings. The van der Waals surface area contributed by atoms with E-state index in [1.807, 2.05) is 4.90 Å². The molecule has 0 aromatic carbocycles. The minimum atomic E-state index is -0.125. The second-order valence-corrected chi connectivity index (χ2v) is 5.23. The summed E-state index contributed by atoms with van der Waals surface area (Å²) in [5.74, 6) is 0.638. The highest BCUT2D eigenvalue weighted by Crippen LogP contribution is 2.24. The first-order chi connectivity index (χ1) is 7.58. The summed E-state index contributed by atoms with van der Waals surface area (Å²) in [4.78, 5) is 25.3. The first-order valence-corrected chi connectivity index (χ1v) is 6.15. The molecule has 2 aliphatic heterocycles. The van der Waals surface area contributed by atoms with Gasteiger partial charge < -0.3 is 10.2 Å². The molecule has 0 bridgehead atoms. The van der Waals surface area contributed by atoms with Gasteiger partial charge in [-0.1, -0.05) is 6.92 Å². The molecule has 2 fully saturated rings. The molecule has 90 valence electrons. The van der Waals surface area contributed by atoms with E-state index >= 15 is 0 Å². The maximum absolute atomic E-state index is 12.2. The number of hydrogen-bond donors (Lipinski definition) is 1. The zero-order valence-corrected chi connectivity index (χ0v) is 10.0. The van der Waals surface area contributed by atoms with Crippen molar-refractivity contribution in [1.82, 2.24) is 10.2 Å². The monoisotopic (exact) mass is 224 g/mol. The number of carbonyl (C=O) groups is 2. The SMILES string of the molecule is CC1CCC(C)N(C(=O)C2CNC(=O)C2)C1. The number of hydrogen-bond acceptors (Lipinski definition) is 2. The molecule has 1 N–H and O–H groups in total. The molecule has 2 amide bonds. The van der Waals surface area contributed by atoms with Gasteiger partial charge in [-0.2, -0.15) is 0 Å². The van der Waals surface area contributed by atoms with Crippen molar-refractivity contribution in [3.05, 3.63) is 0 Å². The van der Waals surface area contributed by atoms with Gasteiger partial charge in [0, 0.05) is 25.6 Å². The van der Waals surface area contributed by atoms with Crippen molar-refractivity contribution >= 4 is 11.8 Å². The largest absolute Gasteiger partial charge is 0.355 e. The number of likely N-dealkylation sites (tertiary alicyclic amines) is 1. The van der Waals surface area contributed by atoms with Crippen LogP contribution in [0.5, 0.6) is 0 Å². The summed E-state index contributed by atoms with van der Waals surface area (Å²) in [7, 11) is 0. The molecule has 4 nitrogen and oxygen atoms in total. The Morgan fingerprint density at radius 2 is 2.12 bits per heavy atom. The maximum atomic E-state index is 12.2. The van der Waals surface area contributed by atoms with Crippen LogP contribution >= 0.6 is 0 Å². The van der Waals surface area contributed by atoms with Crippen molar-refractivity contribution in [3.63, 3.8) is 0 Å². The number of nitrogens with one attached hydrogen (secondary N) is 1. The van der Waals surface area contributed by atoms with E-state index in [2.05, 4.69) is 19.2 Å². The van der Waals surface area contributed by atoms with Crippen molar-refractivity contribution in [2.24, 2.45) is 11.8 Å². The Balaban J connectivity index is 2.00. The first kappa shape index (κ1) is 11.4. The normalized spacial score (nSPS) is 35.0. The zero-order valence-electron chi connectivity index (χ0n) is 10.0. The number of carbonyl (C=O) groups excluding carboxylic acids is 2. The third kappa shape index (κ3) is 2.20. The van der Waals surface area contributed by atoms with Gasteiger partial charge in [-0.3, -0.25) is 9.59 Å². The summed E-state index contributed by atoms with van der Waals surface area (Å²) in [6.07, 6.45) is 2.66. The van der Waals surface area contributed by atoms with Crippen molar-refractivity contribution in [3.8, 4) is 0 Å². The van der Waals surface area contributed by atoms with E-state index in [-0.39, 0.29) is 17.7 Å². The van der Waals surface area contributed by atoms with Crippen LogP contribution in [0.2, 0.25) is 0 Å². The molecule has 0 aromatic heterocycles. The van der Waals surface area contributed by atoms with E-state index < -0.39 is 0 Å². The number of rotatable bonds is 1. The van der Waals surface area contributed by atoms with Crippen LogP contribution in [0.4, 0.5) is 0 Å². The van der Waals surface area contributed by atoms with Gasteiger partial charge in [0.05, 0.1) is 5.92 Å². The summed E-state index contributed by atoms with van der Waals surface area (Å²) < 4.78 is 0. The van der Waals surface area contributed by atoms with Crippen LogP contribution in [0.15, 0.2) is 0 Å². The summed E-state index contributed by atoms with van der Waals surface area (Å²) in [6, 6.07) is 0.333. The minimum absolute atomic E-state index is 0.0102. The molecule has 4 heteroatoms. The molecule has 0 aliphatic carbocycles. The second kappa shape index (κ2) is 4.44. The van der Waals surface area contributed by atoms with Crippen LogP contribution in [0.25, 0.3) is 0 Å². The van der Waals surface area contributed by atoms with E-state index in [1.165, 1.54) is 6.42 Å². The molecule has 3 atom stereocenters. The lowest BCUT2D eigenvalue weighted by molar-refractivity contribution is -0.140. The van der Waals surface area contributed by atoms with Gasteiger partial charge in [-0.25, -0.2) is 0 Å². The van der Waals surface area contributed by atoms with Crippen LogP contribution in [-0.2, 0) is 9.59 Å². The summed E-state index contributed by atoms with van der Waals surface area (Å²) in [5, 5.41) is 2.73. The predicted molar refractivity (Wildman–Crippen MR) is 60.7 cm³/mol. The lowest BCUT2D eigenvalue weighted by Gasteiger charge is -2.38. The van der Waals surface area contributed by atoms with Gasteiger partial charge in [0.2, 0.25) is 11.8 Å². The second-order valence-electron chi connectivity index (χ2n) is 5.23. The highest BCUT2D eigenvalue weighted by molar-refractivity contribution is 5.89. The van der Waals surface area contributed by atoms with Gasteiger partial charge in [-0.15, -0.1) is 0 Å². The average molecular weight is 224 g/mol. The average Bonchev–Trinajstić information content (AvgIpc) is 2.67. The van der Waals surface area contributed by atoms with E-state index in [9.17, 15) is 9.59 Å². The van der Waals surface area contributed by atoms with Crippen LogP contribution in [0.3, 0.4) is 0 Å². The van der Waals surface area contributed by atoms with E-state index in [1.54, 1.807) is 0 Å². The molecule has 0 spiro atoms. The van der Waals surface area contributed by atoms with Gasteiger partial charge in [-0.05, 0) is 25.7 Å². The standard InChI is InChI=1S/C12H20N2O2/c1-8-3-4-9(2)14(7-8)12(16)10-5-11(15)13-6-10/h8-10H,3-7H2,1-2H3,(H,13,15). The van der Waals surface area contributed by atoms with Crippen molar-refractivity contribution in [1.29, 1.82) is 0 Å². The molecule has 2 saturated heterocycles. The fourth-order valence-electron chi connectivity index (χ4n) is 2.61. The van der Waals surface area contributed by atoms with Gasteiger partial charge in [0.15, 0.2) is 0 Å². The molecule has 0 radical (unpaired) electrons. The number of amides is 2. The topological polar surface area (TPSA) is 49.4 Å². The van der Waals surface area contributed by atoms with E-state index in [4.69, 9.17) is 0 Å². The Bertz CT molecular complexity index is 303. The Labute approximate surface area is 96.4 Å². The van der Waals surface area contributed by atoms with E-state index in [0.29, 0.717) is 24.9 Å². The summed E-state index contributed by atoms with van der Waals surface area (Å²) >= 11 is 0. The van der Waals surface area contributed by atoms with Gasteiger partial charge in [0.1, 0.15) is 0 Å². The fourth-order valence-corrected chi connectivity index (χ4v) is 2.61. The van der Waals surface area contributed by atoms with Crippen LogP contribution in [0, 0.1) is 11.8 Å². The molecule has 3 unspecified atom stereocenters. The number of piperidine rings is 1. The molecule has 0 saturated carbocycles. The lowest BCUT2D eigenvalue weighted by Crippen LogP contribution is -2.47. The molecule has 16 heavy (non-hydrogen) atoms. The van der Waals surface area contributed by atoms with Gasteiger partial charge in [0.25, 0.3) is 0 Å². The third-order valence-corrected chi connectivity index (χ3v) is 3.73. The molecule has 0 aromatic rings. The quantitative estimate of drug-likeness (QED) is 0.715. The molecular weight excluding hydrogens is 204 g/mol. The van der Waals surface area contributed by atoms with Crippen molar-refractivity contribution in [2.45, 2.75) is 39.2 Å². The Kier molecular flexibility index (Phi) is 3.17. The lowest BCUT2D eigenvalue weighted by atomic mass is 9.93. The fraction of sp³-hybridized carbons (Fsp3) is 0.833. The van der Waals surface area contributed by atoms with Crippen molar-refractivity contribution in [2.75, 3.05) is 13.1 Å². The highest BCUT2D eigenvalue weighted by Gasteiger charge is 2.35. The first-order valence-electron chi connectivity index (χ1n) is 6.15. The predicted octanol–water partition coefficient (Wildman–Crippen LogP) is 0.770. The van der Waals surface area contributed by atoms with E-state index in [0.717, 1.165) is 13.0 Å². The smallest absolute Gasteiger partial charge is 0.228 e. The Hall–Kier alpha value is -1.06. The Morgan fingerprint density at radius 3 is 2.75 bits per heavy atom. The van der Waals surface area contributed by atoms with Crippen LogP contribution in [0.1, 0.15) is 33.1 Å². The molecule has 2 heterocycles. The highest BCUT2D eigenvalue weighted by atomic mass is 16.2. The zero-order chi connectivity index (χ0) is 11.7. The third-order valence-electron chi connectivity index (χ3n) is 3.73. The van der Waals surface area contributed by atoms with Crippen molar-refractivity contribution < 1.29 is 9.59 Å². The minimum Gasteiger partial charge on any atom is -0.355 e.